The first-order valence-electron chi connectivity index (χ1n) is 5.58. The summed E-state index contributed by atoms with van der Waals surface area (Å²) in [5, 5.41) is 5.16. The lowest BCUT2D eigenvalue weighted by molar-refractivity contribution is 0.466. The molecular formula is C13H13ClN2. The number of halogens is 1. The highest BCUT2D eigenvalue weighted by Crippen LogP contribution is 2.40. The van der Waals surface area contributed by atoms with Crippen molar-refractivity contribution in [2.45, 2.75) is 12.8 Å². The van der Waals surface area contributed by atoms with Crippen LogP contribution in [0.4, 0.5) is 5.69 Å². The zero-order chi connectivity index (χ0) is 11.0. The van der Waals surface area contributed by atoms with Crippen LogP contribution in [0.15, 0.2) is 41.5 Å². The smallest absolute Gasteiger partial charge is 0.0748 e. The summed E-state index contributed by atoms with van der Waals surface area (Å²) >= 11 is 6.04. The first kappa shape index (κ1) is 9.91. The first-order chi connectivity index (χ1) is 7.84. The molecule has 0 radical (unpaired) electrons. The molecule has 3 rings (SSSR count). The third kappa shape index (κ3) is 1.63. The van der Waals surface area contributed by atoms with Crippen molar-refractivity contribution in [1.29, 1.82) is 0 Å². The van der Waals surface area contributed by atoms with Crippen LogP contribution in [0.25, 0.3) is 0 Å². The molecule has 0 saturated heterocycles. The molecule has 0 bridgehead atoms. The van der Waals surface area contributed by atoms with Crippen molar-refractivity contribution in [3.05, 3.63) is 41.4 Å². The molecule has 1 fully saturated rings. The fraction of sp³-hybridized carbons (Fsp3) is 0.308. The van der Waals surface area contributed by atoms with Gasteiger partial charge in [0, 0.05) is 11.6 Å². The van der Waals surface area contributed by atoms with E-state index in [0.717, 1.165) is 24.4 Å². The first-order valence-corrected chi connectivity index (χ1v) is 5.96. The van der Waals surface area contributed by atoms with Crippen LogP contribution in [-0.2, 0) is 0 Å². The molecule has 2 nitrogen and oxygen atoms in total. The number of fused-ring (bicyclic) bond motifs is 1. The summed E-state index contributed by atoms with van der Waals surface area (Å²) in [6.45, 7) is 0. The third-order valence-electron chi connectivity index (χ3n) is 3.36. The highest BCUT2D eigenvalue weighted by atomic mass is 35.5. The molecule has 16 heavy (non-hydrogen) atoms. The van der Waals surface area contributed by atoms with E-state index in [4.69, 9.17) is 11.6 Å². The highest BCUT2D eigenvalue weighted by Gasteiger charge is 2.37. The van der Waals surface area contributed by atoms with Gasteiger partial charge in [-0.25, -0.2) is 0 Å². The van der Waals surface area contributed by atoms with E-state index in [0.29, 0.717) is 10.9 Å². The van der Waals surface area contributed by atoms with Gasteiger partial charge in [0.05, 0.1) is 10.7 Å². The number of benzene rings is 1. The van der Waals surface area contributed by atoms with E-state index in [-0.39, 0.29) is 0 Å². The van der Waals surface area contributed by atoms with E-state index in [2.05, 4.69) is 22.7 Å². The van der Waals surface area contributed by atoms with Crippen LogP contribution in [0.5, 0.6) is 0 Å². The zero-order valence-corrected chi connectivity index (χ0v) is 9.61. The second-order valence-electron chi connectivity index (χ2n) is 4.33. The molecular weight excluding hydrogens is 220 g/mol. The van der Waals surface area contributed by atoms with Gasteiger partial charge in [0.1, 0.15) is 0 Å². The van der Waals surface area contributed by atoms with Crippen LogP contribution >= 0.6 is 11.6 Å². The molecule has 0 amide bonds. The zero-order valence-electron chi connectivity index (χ0n) is 8.86. The topological polar surface area (TPSA) is 24.4 Å². The number of nitrogens with one attached hydrogen (secondary N) is 1. The minimum atomic E-state index is 0.648. The predicted molar refractivity (Wildman–Crippen MR) is 67.9 cm³/mol. The van der Waals surface area contributed by atoms with Crippen LogP contribution in [0.1, 0.15) is 12.8 Å². The number of anilines is 1. The maximum Gasteiger partial charge on any atom is 0.0748 e. The van der Waals surface area contributed by atoms with Crippen molar-refractivity contribution in [3.63, 3.8) is 0 Å². The lowest BCUT2D eigenvalue weighted by Crippen LogP contribution is -2.33. The van der Waals surface area contributed by atoms with Gasteiger partial charge in [-0.15, -0.1) is 0 Å². The number of hydrogen-bond acceptors (Lipinski definition) is 2. The van der Waals surface area contributed by atoms with Crippen LogP contribution in [-0.4, -0.2) is 5.71 Å². The lowest BCUT2D eigenvalue weighted by atomic mass is 9.74. The average molecular weight is 233 g/mol. The standard InChI is InChI=1S/C13H13ClN2/c14-11-6-1-2-7-12(11)15-16-13-8-9-4-3-5-10(9)13/h1-4,6-7,9-10,15H,5,8H2/b16-13-/t9-,10+/m0/s1. The summed E-state index contributed by atoms with van der Waals surface area (Å²) in [5.74, 6) is 1.39. The summed E-state index contributed by atoms with van der Waals surface area (Å²) in [5.41, 5.74) is 5.21. The van der Waals surface area contributed by atoms with Gasteiger partial charge in [0.15, 0.2) is 0 Å². The molecule has 0 unspecified atom stereocenters. The van der Waals surface area contributed by atoms with E-state index in [1.807, 2.05) is 24.3 Å². The van der Waals surface area contributed by atoms with Crippen molar-refractivity contribution < 1.29 is 0 Å². The van der Waals surface area contributed by atoms with Crippen molar-refractivity contribution in [2.24, 2.45) is 16.9 Å². The molecule has 0 aromatic heterocycles. The van der Waals surface area contributed by atoms with Gasteiger partial charge in [-0.1, -0.05) is 35.9 Å². The SMILES string of the molecule is Clc1ccccc1N/N=C1/C[C@@H]2C=CC[C@@H]12. The van der Waals surface area contributed by atoms with Gasteiger partial charge in [-0.3, -0.25) is 5.43 Å². The normalized spacial score (nSPS) is 28.9. The molecule has 1 saturated carbocycles. The molecule has 2 aliphatic rings. The number of para-hydroxylation sites is 1. The minimum Gasteiger partial charge on any atom is -0.277 e. The molecule has 0 aliphatic heterocycles. The number of allylic oxidation sites excluding steroid dienone is 2. The average Bonchev–Trinajstić information content (AvgIpc) is 2.63. The Morgan fingerprint density at radius 2 is 2.19 bits per heavy atom. The van der Waals surface area contributed by atoms with Gasteiger partial charge in [-0.2, -0.15) is 5.10 Å². The van der Waals surface area contributed by atoms with Gasteiger partial charge >= 0.3 is 0 Å². The maximum absolute atomic E-state index is 6.04. The number of hydrazone groups is 1. The van der Waals surface area contributed by atoms with E-state index in [1.54, 1.807) is 0 Å². The van der Waals surface area contributed by atoms with Crippen LogP contribution < -0.4 is 5.43 Å². The summed E-state index contributed by atoms with van der Waals surface area (Å²) in [7, 11) is 0. The van der Waals surface area contributed by atoms with Gasteiger partial charge in [0.2, 0.25) is 0 Å². The van der Waals surface area contributed by atoms with E-state index >= 15 is 0 Å². The second-order valence-corrected chi connectivity index (χ2v) is 4.74. The van der Waals surface area contributed by atoms with Crippen molar-refractivity contribution in [1.82, 2.24) is 0 Å². The van der Waals surface area contributed by atoms with Crippen LogP contribution in [0, 0.1) is 11.8 Å². The molecule has 1 aromatic carbocycles. The molecule has 2 atom stereocenters. The molecule has 3 heteroatoms. The second kappa shape index (κ2) is 3.95. The van der Waals surface area contributed by atoms with Crippen molar-refractivity contribution in [2.75, 3.05) is 5.43 Å². The Bertz CT molecular complexity index is 465. The van der Waals surface area contributed by atoms with Crippen molar-refractivity contribution >= 4 is 23.0 Å². The molecule has 1 aromatic rings. The summed E-state index contributed by atoms with van der Waals surface area (Å²) in [4.78, 5) is 0. The van der Waals surface area contributed by atoms with Crippen molar-refractivity contribution in [3.8, 4) is 0 Å². The predicted octanol–water partition coefficient (Wildman–Crippen LogP) is 3.70. The number of nitrogens with zero attached hydrogens (tertiary/aromatic N) is 1. The Balaban J connectivity index is 1.69. The van der Waals surface area contributed by atoms with Crippen LogP contribution in [0.3, 0.4) is 0 Å². The van der Waals surface area contributed by atoms with Gasteiger partial charge in [0.25, 0.3) is 0 Å². The van der Waals surface area contributed by atoms with Crippen LogP contribution in [0.2, 0.25) is 5.02 Å². The largest absolute Gasteiger partial charge is 0.277 e. The molecule has 0 spiro atoms. The monoisotopic (exact) mass is 232 g/mol. The number of hydrogen-bond donors (Lipinski definition) is 1. The Hall–Kier alpha value is -1.28. The minimum absolute atomic E-state index is 0.648. The summed E-state index contributed by atoms with van der Waals surface area (Å²) in [6, 6.07) is 7.68. The lowest BCUT2D eigenvalue weighted by Gasteiger charge is -2.31. The highest BCUT2D eigenvalue weighted by molar-refractivity contribution is 6.33. The molecule has 0 heterocycles. The van der Waals surface area contributed by atoms with E-state index in [1.165, 1.54) is 5.71 Å². The fourth-order valence-electron chi connectivity index (χ4n) is 2.35. The Morgan fingerprint density at radius 1 is 1.31 bits per heavy atom. The maximum atomic E-state index is 6.04. The Labute approximate surface area is 100 Å². The quantitative estimate of drug-likeness (QED) is 0.610. The van der Waals surface area contributed by atoms with E-state index in [9.17, 15) is 0 Å². The summed E-state index contributed by atoms with van der Waals surface area (Å²) in [6.07, 6.45) is 6.80. The van der Waals surface area contributed by atoms with E-state index < -0.39 is 0 Å². The molecule has 1 N–H and O–H groups in total. The number of rotatable bonds is 2. The Kier molecular flexibility index (Phi) is 2.44. The fourth-order valence-corrected chi connectivity index (χ4v) is 2.53. The summed E-state index contributed by atoms with van der Waals surface area (Å²) < 4.78 is 0. The van der Waals surface area contributed by atoms with Gasteiger partial charge < -0.3 is 0 Å². The molecule has 2 aliphatic carbocycles. The third-order valence-corrected chi connectivity index (χ3v) is 3.69. The Morgan fingerprint density at radius 3 is 3.00 bits per heavy atom. The molecule has 82 valence electrons. The van der Waals surface area contributed by atoms with Gasteiger partial charge in [-0.05, 0) is 30.9 Å².